The van der Waals surface area contributed by atoms with Crippen LogP contribution >= 0.6 is 0 Å². The van der Waals surface area contributed by atoms with Gasteiger partial charge in [-0.25, -0.2) is 0 Å². The monoisotopic (exact) mass is 226 g/mol. The Kier molecular flexibility index (Phi) is 4.00. The van der Waals surface area contributed by atoms with E-state index in [-0.39, 0.29) is 5.91 Å². The fourth-order valence-corrected chi connectivity index (χ4v) is 2.80. The number of carbonyl (C=O) groups excluding carboxylic acids is 1. The highest BCUT2D eigenvalue weighted by Crippen LogP contribution is 2.43. The van der Waals surface area contributed by atoms with Crippen molar-refractivity contribution >= 4 is 5.91 Å². The van der Waals surface area contributed by atoms with Gasteiger partial charge in [-0.1, -0.05) is 27.2 Å². The Morgan fingerprint density at radius 2 is 1.94 bits per heavy atom. The van der Waals surface area contributed by atoms with E-state index in [0.717, 1.165) is 31.6 Å². The normalized spacial score (nSPS) is 31.4. The highest BCUT2D eigenvalue weighted by atomic mass is 16.1. The Bertz CT molecular complexity index is 253. The molecule has 1 saturated carbocycles. The second kappa shape index (κ2) is 4.74. The highest BCUT2D eigenvalue weighted by molar-refractivity contribution is 5.84. The van der Waals surface area contributed by atoms with Crippen LogP contribution in [0, 0.1) is 11.3 Å². The molecule has 0 aromatic carbocycles. The van der Waals surface area contributed by atoms with E-state index in [1.54, 1.807) is 0 Å². The molecule has 16 heavy (non-hydrogen) atoms. The first-order valence-electron chi connectivity index (χ1n) is 6.37. The second-order valence-corrected chi connectivity index (χ2v) is 5.81. The van der Waals surface area contributed by atoms with Crippen molar-refractivity contribution in [2.45, 2.75) is 58.4 Å². The van der Waals surface area contributed by atoms with Crippen LogP contribution in [-0.2, 0) is 4.79 Å². The standard InChI is InChI=1S/C13H26N2O/c1-5-12(2,3)10-6-8-13(15-4,9-7-10)11(14)16/h10,15H,5-9H2,1-4H3,(H2,14,16). The average Bonchev–Trinajstić information content (AvgIpc) is 2.28. The Morgan fingerprint density at radius 3 is 2.25 bits per heavy atom. The van der Waals surface area contributed by atoms with Crippen LogP contribution in [0.4, 0.5) is 0 Å². The van der Waals surface area contributed by atoms with E-state index in [4.69, 9.17) is 5.73 Å². The molecule has 1 amide bonds. The van der Waals surface area contributed by atoms with Crippen LogP contribution < -0.4 is 11.1 Å². The van der Waals surface area contributed by atoms with Gasteiger partial charge in [-0.2, -0.15) is 0 Å². The van der Waals surface area contributed by atoms with Gasteiger partial charge in [0.05, 0.1) is 5.54 Å². The first-order chi connectivity index (χ1) is 7.38. The molecule has 3 nitrogen and oxygen atoms in total. The van der Waals surface area contributed by atoms with E-state index in [9.17, 15) is 4.79 Å². The van der Waals surface area contributed by atoms with Gasteiger partial charge in [0.25, 0.3) is 0 Å². The molecule has 0 aromatic rings. The minimum atomic E-state index is -0.444. The van der Waals surface area contributed by atoms with Gasteiger partial charge in [-0.05, 0) is 44.1 Å². The molecule has 0 spiro atoms. The summed E-state index contributed by atoms with van der Waals surface area (Å²) in [5.41, 5.74) is 5.44. The molecule has 0 atom stereocenters. The van der Waals surface area contributed by atoms with Crippen LogP contribution in [0.1, 0.15) is 52.9 Å². The van der Waals surface area contributed by atoms with Gasteiger partial charge in [-0.3, -0.25) is 4.79 Å². The average molecular weight is 226 g/mol. The third-order valence-electron chi connectivity index (χ3n) is 4.81. The molecular weight excluding hydrogens is 200 g/mol. The zero-order valence-corrected chi connectivity index (χ0v) is 11.1. The van der Waals surface area contributed by atoms with Crippen molar-refractivity contribution < 1.29 is 4.79 Å². The Labute approximate surface area is 99.2 Å². The lowest BCUT2D eigenvalue weighted by molar-refractivity contribution is -0.126. The van der Waals surface area contributed by atoms with Crippen LogP contribution in [0.5, 0.6) is 0 Å². The number of primary amides is 1. The van der Waals surface area contributed by atoms with Crippen molar-refractivity contribution in [1.82, 2.24) is 5.32 Å². The summed E-state index contributed by atoms with van der Waals surface area (Å²) in [7, 11) is 1.84. The highest BCUT2D eigenvalue weighted by Gasteiger charge is 2.42. The lowest BCUT2D eigenvalue weighted by atomic mass is 9.65. The summed E-state index contributed by atoms with van der Waals surface area (Å²) in [5.74, 6) is 0.529. The molecule has 0 aliphatic heterocycles. The van der Waals surface area contributed by atoms with Gasteiger partial charge in [0.15, 0.2) is 0 Å². The topological polar surface area (TPSA) is 55.1 Å². The van der Waals surface area contributed by atoms with Gasteiger partial charge in [0.1, 0.15) is 0 Å². The van der Waals surface area contributed by atoms with Crippen LogP contribution in [0.15, 0.2) is 0 Å². The molecule has 0 bridgehead atoms. The Balaban J connectivity index is 2.66. The predicted molar refractivity (Wildman–Crippen MR) is 67.0 cm³/mol. The summed E-state index contributed by atoms with van der Waals surface area (Å²) in [6.45, 7) is 6.90. The smallest absolute Gasteiger partial charge is 0.237 e. The van der Waals surface area contributed by atoms with Crippen molar-refractivity contribution in [2.24, 2.45) is 17.1 Å². The molecule has 0 unspecified atom stereocenters. The van der Waals surface area contributed by atoms with E-state index in [0.29, 0.717) is 5.41 Å². The van der Waals surface area contributed by atoms with Gasteiger partial charge >= 0.3 is 0 Å². The predicted octanol–water partition coefficient (Wildman–Crippen LogP) is 2.06. The number of carbonyl (C=O) groups is 1. The summed E-state index contributed by atoms with van der Waals surface area (Å²) in [6, 6.07) is 0. The third kappa shape index (κ3) is 2.40. The zero-order valence-electron chi connectivity index (χ0n) is 11.1. The van der Waals surface area contributed by atoms with E-state index in [1.165, 1.54) is 6.42 Å². The molecule has 94 valence electrons. The molecule has 3 heteroatoms. The third-order valence-corrected chi connectivity index (χ3v) is 4.81. The summed E-state index contributed by atoms with van der Waals surface area (Å²) < 4.78 is 0. The number of amides is 1. The van der Waals surface area contributed by atoms with Crippen LogP contribution in [0.2, 0.25) is 0 Å². The van der Waals surface area contributed by atoms with E-state index < -0.39 is 5.54 Å². The molecule has 0 saturated heterocycles. The van der Waals surface area contributed by atoms with Gasteiger partial charge in [0.2, 0.25) is 5.91 Å². The van der Waals surface area contributed by atoms with Crippen molar-refractivity contribution in [2.75, 3.05) is 7.05 Å². The van der Waals surface area contributed by atoms with Crippen molar-refractivity contribution in [1.29, 1.82) is 0 Å². The number of likely N-dealkylation sites (N-methyl/N-ethyl adjacent to an activating group) is 1. The maximum atomic E-state index is 11.5. The summed E-state index contributed by atoms with van der Waals surface area (Å²) in [5, 5.41) is 3.13. The number of nitrogens with two attached hydrogens (primary N) is 1. The summed E-state index contributed by atoms with van der Waals surface area (Å²) in [6.07, 6.45) is 5.16. The van der Waals surface area contributed by atoms with Gasteiger partial charge < -0.3 is 11.1 Å². The fourth-order valence-electron chi connectivity index (χ4n) is 2.80. The molecule has 1 aliphatic carbocycles. The minimum absolute atomic E-state index is 0.192. The van der Waals surface area contributed by atoms with Gasteiger partial charge in [0, 0.05) is 0 Å². The largest absolute Gasteiger partial charge is 0.368 e. The minimum Gasteiger partial charge on any atom is -0.368 e. The summed E-state index contributed by atoms with van der Waals surface area (Å²) >= 11 is 0. The fraction of sp³-hybridized carbons (Fsp3) is 0.923. The van der Waals surface area contributed by atoms with Crippen LogP contribution in [0.3, 0.4) is 0 Å². The molecule has 0 aromatic heterocycles. The first-order valence-corrected chi connectivity index (χ1v) is 6.37. The van der Waals surface area contributed by atoms with Gasteiger partial charge in [-0.15, -0.1) is 0 Å². The lowest BCUT2D eigenvalue weighted by Crippen LogP contribution is -2.56. The molecular formula is C13H26N2O. The molecule has 1 aliphatic rings. The molecule has 3 N–H and O–H groups in total. The second-order valence-electron chi connectivity index (χ2n) is 5.81. The molecule has 1 fully saturated rings. The Hall–Kier alpha value is -0.570. The zero-order chi connectivity index (χ0) is 12.4. The maximum Gasteiger partial charge on any atom is 0.237 e. The van der Waals surface area contributed by atoms with Crippen molar-refractivity contribution in [3.05, 3.63) is 0 Å². The number of hydrogen-bond donors (Lipinski definition) is 2. The molecule has 1 rings (SSSR count). The first kappa shape index (κ1) is 13.5. The Morgan fingerprint density at radius 1 is 1.44 bits per heavy atom. The SMILES string of the molecule is CCC(C)(C)C1CCC(NC)(C(N)=O)CC1. The molecule has 0 radical (unpaired) electrons. The van der Waals surface area contributed by atoms with E-state index in [1.807, 2.05) is 7.05 Å². The number of nitrogens with one attached hydrogen (secondary N) is 1. The summed E-state index contributed by atoms with van der Waals surface area (Å²) in [4.78, 5) is 11.5. The molecule has 0 heterocycles. The van der Waals surface area contributed by atoms with Crippen molar-refractivity contribution in [3.8, 4) is 0 Å². The van der Waals surface area contributed by atoms with Crippen LogP contribution in [-0.4, -0.2) is 18.5 Å². The van der Waals surface area contributed by atoms with E-state index in [2.05, 4.69) is 26.1 Å². The maximum absolute atomic E-state index is 11.5. The number of hydrogen-bond acceptors (Lipinski definition) is 2. The van der Waals surface area contributed by atoms with E-state index >= 15 is 0 Å². The van der Waals surface area contributed by atoms with Crippen LogP contribution in [0.25, 0.3) is 0 Å². The van der Waals surface area contributed by atoms with Crippen molar-refractivity contribution in [3.63, 3.8) is 0 Å². The quantitative estimate of drug-likeness (QED) is 0.771. The number of rotatable bonds is 4. The lowest BCUT2D eigenvalue weighted by Gasteiger charge is -2.43.